The second kappa shape index (κ2) is 5.93. The van der Waals surface area contributed by atoms with E-state index >= 15 is 0 Å². The molecule has 1 aromatic rings. The van der Waals surface area contributed by atoms with Crippen LogP contribution in [-0.2, 0) is 20.1 Å². The first-order valence-corrected chi connectivity index (χ1v) is 6.00. The summed E-state index contributed by atoms with van der Waals surface area (Å²) >= 11 is 0. The smallest absolute Gasteiger partial charge is 0.215 e. The highest BCUT2D eigenvalue weighted by atomic mass is 16.7. The molecule has 0 bridgehead atoms. The van der Waals surface area contributed by atoms with Gasteiger partial charge >= 0.3 is 0 Å². The van der Waals surface area contributed by atoms with Gasteiger partial charge in [-0.05, 0) is 12.8 Å². The van der Waals surface area contributed by atoms with E-state index in [0.717, 1.165) is 32.0 Å². The summed E-state index contributed by atoms with van der Waals surface area (Å²) in [6, 6.07) is 1.77. The lowest BCUT2D eigenvalue weighted by molar-refractivity contribution is -0.175. The van der Waals surface area contributed by atoms with E-state index in [2.05, 4.69) is 5.16 Å². The van der Waals surface area contributed by atoms with Crippen LogP contribution in [0.25, 0.3) is 0 Å². The third-order valence-corrected chi connectivity index (χ3v) is 2.91. The van der Waals surface area contributed by atoms with Crippen LogP contribution in [0.1, 0.15) is 37.8 Å². The Hall–Kier alpha value is -1.20. The van der Waals surface area contributed by atoms with Crippen LogP contribution < -0.4 is 0 Å². The number of unbranched alkanes of at least 4 members (excludes halogenated alkanes) is 3. The Labute approximate surface area is 100 Å². The van der Waals surface area contributed by atoms with Crippen molar-refractivity contribution in [2.24, 2.45) is 0 Å². The largest absolute Gasteiger partial charge is 0.364 e. The fraction of sp³-hybridized carbons (Fsp3) is 0.667. The van der Waals surface area contributed by atoms with E-state index in [1.807, 2.05) is 0 Å². The second-order valence-corrected chi connectivity index (χ2v) is 4.10. The molecule has 1 aromatic heterocycles. The molecule has 0 spiro atoms. The van der Waals surface area contributed by atoms with Crippen molar-refractivity contribution >= 4 is 6.29 Å². The zero-order valence-electron chi connectivity index (χ0n) is 9.76. The molecular formula is C12H17NO4. The SMILES string of the molecule is O=CCCCCCC1(c2ccon2)OCCO1. The molecular weight excluding hydrogens is 222 g/mol. The van der Waals surface area contributed by atoms with Crippen molar-refractivity contribution in [2.75, 3.05) is 13.2 Å². The molecule has 2 heterocycles. The topological polar surface area (TPSA) is 61.6 Å². The number of nitrogens with zero attached hydrogens (tertiary/aromatic N) is 1. The molecule has 17 heavy (non-hydrogen) atoms. The number of aromatic nitrogens is 1. The Balaban J connectivity index is 1.87. The first kappa shape index (κ1) is 12.3. The Bertz CT molecular complexity index is 330. The van der Waals surface area contributed by atoms with E-state index < -0.39 is 5.79 Å². The number of aldehydes is 1. The lowest BCUT2D eigenvalue weighted by Crippen LogP contribution is -2.27. The Morgan fingerprint density at radius 3 is 2.76 bits per heavy atom. The van der Waals surface area contributed by atoms with Gasteiger partial charge in [0.05, 0.1) is 13.2 Å². The minimum Gasteiger partial charge on any atom is -0.364 e. The lowest BCUT2D eigenvalue weighted by atomic mass is 10.0. The van der Waals surface area contributed by atoms with E-state index in [0.29, 0.717) is 25.3 Å². The maximum absolute atomic E-state index is 10.2. The monoisotopic (exact) mass is 239 g/mol. The first-order chi connectivity index (χ1) is 8.37. The summed E-state index contributed by atoms with van der Waals surface area (Å²) in [4.78, 5) is 10.2. The summed E-state index contributed by atoms with van der Waals surface area (Å²) in [5, 5.41) is 3.90. The average Bonchev–Trinajstić information content (AvgIpc) is 3.00. The van der Waals surface area contributed by atoms with Crippen molar-refractivity contribution in [3.05, 3.63) is 18.0 Å². The molecule has 0 unspecified atom stereocenters. The molecule has 0 saturated carbocycles. The Kier molecular flexibility index (Phi) is 4.28. The standard InChI is InChI=1S/C12H17NO4/c14-7-4-2-1-3-6-12(15-9-10-16-12)11-5-8-17-13-11/h5,7-8H,1-4,6,9-10H2. The number of carbonyl (C=O) groups excluding carboxylic acids is 1. The highest BCUT2D eigenvalue weighted by molar-refractivity contribution is 5.48. The molecule has 5 heteroatoms. The molecule has 0 aliphatic carbocycles. The lowest BCUT2D eigenvalue weighted by Gasteiger charge is -2.24. The van der Waals surface area contributed by atoms with Gasteiger partial charge in [0.25, 0.3) is 0 Å². The van der Waals surface area contributed by atoms with Gasteiger partial charge in [0.1, 0.15) is 18.2 Å². The van der Waals surface area contributed by atoms with Gasteiger partial charge in [-0.3, -0.25) is 0 Å². The van der Waals surface area contributed by atoms with Crippen LogP contribution in [0.3, 0.4) is 0 Å². The van der Waals surface area contributed by atoms with Crippen LogP contribution in [0, 0.1) is 0 Å². The molecule has 1 fully saturated rings. The Morgan fingerprint density at radius 1 is 1.29 bits per heavy atom. The van der Waals surface area contributed by atoms with Gasteiger partial charge in [-0.1, -0.05) is 11.6 Å². The molecule has 5 nitrogen and oxygen atoms in total. The summed E-state index contributed by atoms with van der Waals surface area (Å²) in [6.45, 7) is 1.17. The third-order valence-electron chi connectivity index (χ3n) is 2.91. The van der Waals surface area contributed by atoms with Gasteiger partial charge in [-0.15, -0.1) is 0 Å². The van der Waals surface area contributed by atoms with Crippen LogP contribution in [-0.4, -0.2) is 24.7 Å². The molecule has 0 atom stereocenters. The number of rotatable bonds is 7. The van der Waals surface area contributed by atoms with Crippen molar-refractivity contribution < 1.29 is 18.8 Å². The maximum Gasteiger partial charge on any atom is 0.215 e. The van der Waals surface area contributed by atoms with Crippen LogP contribution in [0.4, 0.5) is 0 Å². The van der Waals surface area contributed by atoms with E-state index in [4.69, 9.17) is 14.0 Å². The first-order valence-electron chi connectivity index (χ1n) is 6.00. The summed E-state index contributed by atoms with van der Waals surface area (Å²) in [7, 11) is 0. The summed E-state index contributed by atoms with van der Waals surface area (Å²) < 4.78 is 16.2. The van der Waals surface area contributed by atoms with E-state index in [9.17, 15) is 4.79 Å². The molecule has 0 N–H and O–H groups in total. The average molecular weight is 239 g/mol. The molecule has 0 amide bonds. The summed E-state index contributed by atoms with van der Waals surface area (Å²) in [5.41, 5.74) is 0.699. The molecule has 1 aliphatic heterocycles. The van der Waals surface area contributed by atoms with Gasteiger partial charge < -0.3 is 18.8 Å². The van der Waals surface area contributed by atoms with Gasteiger partial charge in [0.2, 0.25) is 5.79 Å². The summed E-state index contributed by atoms with van der Waals surface area (Å²) in [5.74, 6) is -0.728. The highest BCUT2D eigenvalue weighted by Crippen LogP contribution is 2.35. The van der Waals surface area contributed by atoms with Crippen molar-refractivity contribution in [1.82, 2.24) is 5.16 Å². The van der Waals surface area contributed by atoms with Gasteiger partial charge in [0, 0.05) is 18.9 Å². The zero-order valence-corrected chi connectivity index (χ0v) is 9.76. The van der Waals surface area contributed by atoms with Crippen molar-refractivity contribution in [3.63, 3.8) is 0 Å². The van der Waals surface area contributed by atoms with Crippen molar-refractivity contribution in [1.29, 1.82) is 0 Å². The van der Waals surface area contributed by atoms with Crippen LogP contribution in [0.5, 0.6) is 0 Å². The van der Waals surface area contributed by atoms with E-state index in [1.54, 1.807) is 6.07 Å². The van der Waals surface area contributed by atoms with Gasteiger partial charge in [0.15, 0.2) is 0 Å². The fourth-order valence-electron chi connectivity index (χ4n) is 2.05. The molecule has 2 rings (SSSR count). The maximum atomic E-state index is 10.2. The normalized spacial score (nSPS) is 18.4. The predicted octanol–water partition coefficient (Wildman–Crippen LogP) is 2.02. The second-order valence-electron chi connectivity index (χ2n) is 4.10. The number of hydrogen-bond donors (Lipinski definition) is 0. The highest BCUT2D eigenvalue weighted by Gasteiger charge is 2.40. The molecule has 0 aromatic carbocycles. The number of ether oxygens (including phenoxy) is 2. The fourth-order valence-corrected chi connectivity index (χ4v) is 2.05. The van der Waals surface area contributed by atoms with Crippen LogP contribution in [0.2, 0.25) is 0 Å². The van der Waals surface area contributed by atoms with Crippen LogP contribution in [0.15, 0.2) is 16.9 Å². The summed E-state index contributed by atoms with van der Waals surface area (Å²) in [6.07, 6.45) is 6.70. The third kappa shape index (κ3) is 2.92. The number of hydrogen-bond acceptors (Lipinski definition) is 5. The van der Waals surface area contributed by atoms with E-state index in [1.165, 1.54) is 6.26 Å². The van der Waals surface area contributed by atoms with Crippen molar-refractivity contribution in [2.45, 2.75) is 37.9 Å². The minimum atomic E-state index is -0.728. The quantitative estimate of drug-likeness (QED) is 0.538. The number of carbonyl (C=O) groups is 1. The molecule has 1 aliphatic rings. The van der Waals surface area contributed by atoms with Crippen LogP contribution >= 0.6 is 0 Å². The predicted molar refractivity (Wildman–Crippen MR) is 59.2 cm³/mol. The van der Waals surface area contributed by atoms with Crippen molar-refractivity contribution in [3.8, 4) is 0 Å². The molecule has 1 saturated heterocycles. The Morgan fingerprint density at radius 2 is 2.12 bits per heavy atom. The van der Waals surface area contributed by atoms with Gasteiger partial charge in [-0.2, -0.15) is 0 Å². The molecule has 94 valence electrons. The van der Waals surface area contributed by atoms with Gasteiger partial charge in [-0.25, -0.2) is 0 Å². The van der Waals surface area contributed by atoms with E-state index in [-0.39, 0.29) is 0 Å². The molecule has 0 radical (unpaired) electrons. The minimum absolute atomic E-state index is 0.585. The zero-order chi connectivity index (χ0) is 12.0.